The van der Waals surface area contributed by atoms with Gasteiger partial charge in [0.25, 0.3) is 5.91 Å². The molecular formula is C18H19N5O2. The number of nitrogens with zero attached hydrogens (tertiary/aromatic N) is 4. The molecule has 128 valence electrons. The topological polar surface area (TPSA) is 87.0 Å². The zero-order chi connectivity index (χ0) is 17.4. The number of carbonyl (C=O) groups is 1. The van der Waals surface area contributed by atoms with Crippen molar-refractivity contribution in [1.29, 1.82) is 0 Å². The van der Waals surface area contributed by atoms with Gasteiger partial charge in [-0.15, -0.1) is 0 Å². The van der Waals surface area contributed by atoms with Crippen molar-refractivity contribution < 1.29 is 9.90 Å². The molecule has 7 nitrogen and oxygen atoms in total. The highest BCUT2D eigenvalue weighted by Gasteiger charge is 2.29. The number of hydrogen-bond acceptors (Lipinski definition) is 4. The van der Waals surface area contributed by atoms with Gasteiger partial charge in [0.15, 0.2) is 0 Å². The van der Waals surface area contributed by atoms with Crippen LogP contribution < -0.4 is 0 Å². The summed E-state index contributed by atoms with van der Waals surface area (Å²) in [5.74, 6) is -0.0583. The van der Waals surface area contributed by atoms with Crippen LogP contribution >= 0.6 is 0 Å². The van der Waals surface area contributed by atoms with Crippen LogP contribution in [0.25, 0.3) is 11.3 Å². The van der Waals surface area contributed by atoms with Crippen molar-refractivity contribution in [3.63, 3.8) is 0 Å². The van der Waals surface area contributed by atoms with Crippen molar-refractivity contribution >= 4 is 5.91 Å². The summed E-state index contributed by atoms with van der Waals surface area (Å²) in [6.07, 6.45) is 3.36. The molecule has 2 aromatic heterocycles. The number of rotatable bonds is 4. The van der Waals surface area contributed by atoms with Gasteiger partial charge >= 0.3 is 0 Å². The maximum absolute atomic E-state index is 13.0. The first-order chi connectivity index (χ1) is 12.2. The van der Waals surface area contributed by atoms with E-state index in [1.54, 1.807) is 22.0 Å². The Morgan fingerprint density at radius 3 is 3.00 bits per heavy atom. The largest absolute Gasteiger partial charge is 0.394 e. The predicted octanol–water partition coefficient (Wildman–Crippen LogP) is 1.73. The molecule has 0 unspecified atom stereocenters. The van der Waals surface area contributed by atoms with E-state index in [4.69, 9.17) is 5.11 Å². The maximum Gasteiger partial charge on any atom is 0.258 e. The number of benzene rings is 1. The first kappa shape index (κ1) is 15.6. The van der Waals surface area contributed by atoms with E-state index in [9.17, 15) is 4.79 Å². The molecule has 0 spiro atoms. The molecule has 3 heterocycles. The second-order valence-electron chi connectivity index (χ2n) is 6.25. The number of nitrogens with one attached hydrogen (secondary N) is 1. The van der Waals surface area contributed by atoms with Crippen LogP contribution in [0, 0.1) is 6.92 Å². The van der Waals surface area contributed by atoms with Crippen molar-refractivity contribution in [3.05, 3.63) is 59.0 Å². The molecule has 0 aliphatic carbocycles. The molecule has 3 aromatic rings. The van der Waals surface area contributed by atoms with Crippen molar-refractivity contribution in [1.82, 2.24) is 24.9 Å². The molecule has 1 aromatic carbocycles. The molecule has 0 fully saturated rings. The van der Waals surface area contributed by atoms with Gasteiger partial charge in [0.05, 0.1) is 49.0 Å². The summed E-state index contributed by atoms with van der Waals surface area (Å²) in [5, 5.41) is 20.4. The predicted molar refractivity (Wildman–Crippen MR) is 91.7 cm³/mol. The average molecular weight is 337 g/mol. The normalized spacial score (nSPS) is 13.3. The molecule has 0 saturated heterocycles. The summed E-state index contributed by atoms with van der Waals surface area (Å²) in [5.41, 5.74) is 5.40. The number of aliphatic hydroxyl groups is 1. The summed E-state index contributed by atoms with van der Waals surface area (Å²) in [7, 11) is 0. The molecule has 0 radical (unpaired) electrons. The highest BCUT2D eigenvalue weighted by atomic mass is 16.3. The first-order valence-corrected chi connectivity index (χ1v) is 8.21. The highest BCUT2D eigenvalue weighted by molar-refractivity contribution is 6.00. The number of aryl methyl sites for hydroxylation is 1. The van der Waals surface area contributed by atoms with Crippen LogP contribution in [0.15, 0.2) is 36.7 Å². The number of aliphatic hydroxyl groups excluding tert-OH is 1. The lowest BCUT2D eigenvalue weighted by atomic mass is 10.1. The Hall–Kier alpha value is -2.93. The number of fused-ring (bicyclic) bond motifs is 1. The van der Waals surface area contributed by atoms with E-state index in [-0.39, 0.29) is 12.5 Å². The minimum absolute atomic E-state index is 0.0291. The van der Waals surface area contributed by atoms with Crippen LogP contribution in [-0.4, -0.2) is 42.5 Å². The van der Waals surface area contributed by atoms with Crippen LogP contribution in [0.2, 0.25) is 0 Å². The molecule has 1 aliphatic heterocycles. The van der Waals surface area contributed by atoms with E-state index in [0.29, 0.717) is 25.2 Å². The fourth-order valence-corrected chi connectivity index (χ4v) is 3.28. The van der Waals surface area contributed by atoms with E-state index in [1.807, 2.05) is 31.2 Å². The van der Waals surface area contributed by atoms with Crippen LogP contribution in [0.1, 0.15) is 27.2 Å². The van der Waals surface area contributed by atoms with Crippen LogP contribution in [0.3, 0.4) is 0 Å². The number of carbonyl (C=O) groups excluding carboxylic acids is 1. The second-order valence-corrected chi connectivity index (χ2v) is 6.25. The Labute approximate surface area is 144 Å². The van der Waals surface area contributed by atoms with E-state index in [1.165, 1.54) is 0 Å². The maximum atomic E-state index is 13.0. The van der Waals surface area contributed by atoms with Gasteiger partial charge in [-0.25, -0.2) is 0 Å². The summed E-state index contributed by atoms with van der Waals surface area (Å²) in [6.45, 7) is 3.51. The monoisotopic (exact) mass is 337 g/mol. The molecule has 25 heavy (non-hydrogen) atoms. The molecule has 1 amide bonds. The molecule has 2 N–H and O–H groups in total. The summed E-state index contributed by atoms with van der Waals surface area (Å²) < 4.78 is 1.76. The summed E-state index contributed by atoms with van der Waals surface area (Å²) in [4.78, 5) is 14.8. The van der Waals surface area contributed by atoms with Crippen LogP contribution in [-0.2, 0) is 19.6 Å². The zero-order valence-corrected chi connectivity index (χ0v) is 13.9. The molecular weight excluding hydrogens is 318 g/mol. The van der Waals surface area contributed by atoms with Gasteiger partial charge in [-0.1, -0.05) is 23.8 Å². The van der Waals surface area contributed by atoms with Gasteiger partial charge in [0.1, 0.15) is 0 Å². The number of hydrogen-bond donors (Lipinski definition) is 2. The third-order valence-electron chi connectivity index (χ3n) is 4.51. The summed E-state index contributed by atoms with van der Waals surface area (Å²) >= 11 is 0. The van der Waals surface area contributed by atoms with Crippen LogP contribution in [0.4, 0.5) is 0 Å². The zero-order valence-electron chi connectivity index (χ0n) is 13.9. The van der Waals surface area contributed by atoms with Gasteiger partial charge in [-0.3, -0.25) is 14.6 Å². The molecule has 7 heteroatoms. The van der Waals surface area contributed by atoms with Crippen molar-refractivity contribution in [3.8, 4) is 11.3 Å². The number of aromatic amines is 1. The van der Waals surface area contributed by atoms with Crippen molar-refractivity contribution in [2.24, 2.45) is 0 Å². The molecule has 0 saturated carbocycles. The van der Waals surface area contributed by atoms with Crippen molar-refractivity contribution in [2.45, 2.75) is 26.6 Å². The van der Waals surface area contributed by atoms with E-state index < -0.39 is 0 Å². The molecule has 0 atom stereocenters. The lowest BCUT2D eigenvalue weighted by molar-refractivity contribution is 0.0748. The van der Waals surface area contributed by atoms with Gasteiger partial charge in [0.2, 0.25) is 0 Å². The summed E-state index contributed by atoms with van der Waals surface area (Å²) in [6, 6.07) is 7.98. The SMILES string of the molecule is Cc1cccc(-c2[nH]ncc2C(=O)N2Cc3cnn(CCO)c3C2)c1. The lowest BCUT2D eigenvalue weighted by Gasteiger charge is -2.16. The Balaban J connectivity index is 1.60. The van der Waals surface area contributed by atoms with Crippen molar-refractivity contribution in [2.75, 3.05) is 6.61 Å². The Bertz CT molecular complexity index is 927. The number of aromatic nitrogens is 4. The fourth-order valence-electron chi connectivity index (χ4n) is 3.28. The molecule has 1 aliphatic rings. The van der Waals surface area contributed by atoms with Crippen LogP contribution in [0.5, 0.6) is 0 Å². The quantitative estimate of drug-likeness (QED) is 0.759. The Kier molecular flexibility index (Phi) is 3.85. The van der Waals surface area contributed by atoms with E-state index in [0.717, 1.165) is 28.1 Å². The minimum atomic E-state index is -0.0583. The fraction of sp³-hybridized carbons (Fsp3) is 0.278. The van der Waals surface area contributed by atoms with E-state index in [2.05, 4.69) is 15.3 Å². The standard InChI is InChI=1S/C18H19N5O2/c1-12-3-2-4-13(7-12)17-15(9-19-21-17)18(25)22-10-14-8-20-23(5-6-24)16(14)11-22/h2-4,7-9,24H,5-6,10-11H2,1H3,(H,19,21). The number of H-pyrrole nitrogens is 1. The van der Waals surface area contributed by atoms with Gasteiger partial charge in [-0.2, -0.15) is 10.2 Å². The van der Waals surface area contributed by atoms with Gasteiger partial charge in [0, 0.05) is 17.7 Å². The van der Waals surface area contributed by atoms with Gasteiger partial charge in [-0.05, 0) is 13.0 Å². The number of amides is 1. The Morgan fingerprint density at radius 2 is 2.20 bits per heavy atom. The third-order valence-corrected chi connectivity index (χ3v) is 4.51. The lowest BCUT2D eigenvalue weighted by Crippen LogP contribution is -2.26. The first-order valence-electron chi connectivity index (χ1n) is 8.21. The molecule has 4 rings (SSSR count). The van der Waals surface area contributed by atoms with E-state index >= 15 is 0 Å². The second kappa shape index (κ2) is 6.18. The van der Waals surface area contributed by atoms with Gasteiger partial charge < -0.3 is 10.0 Å². The molecule has 0 bridgehead atoms. The average Bonchev–Trinajstić information content (AvgIpc) is 3.31. The Morgan fingerprint density at radius 1 is 1.32 bits per heavy atom. The highest BCUT2D eigenvalue weighted by Crippen LogP contribution is 2.28. The minimum Gasteiger partial charge on any atom is -0.394 e. The smallest absolute Gasteiger partial charge is 0.258 e. The third kappa shape index (κ3) is 2.72.